The summed E-state index contributed by atoms with van der Waals surface area (Å²) in [5, 5.41) is 6.82. The zero-order valence-electron chi connectivity index (χ0n) is 17.5. The monoisotopic (exact) mass is 417 g/mol. The lowest BCUT2D eigenvalue weighted by Gasteiger charge is -2.36. The smallest absolute Gasteiger partial charge is 0.254 e. The number of hydrogen-bond donors (Lipinski definition) is 2. The van der Waals surface area contributed by atoms with Gasteiger partial charge in [0.15, 0.2) is 5.96 Å². The summed E-state index contributed by atoms with van der Waals surface area (Å²) in [5.74, 6) is 2.50. The van der Waals surface area contributed by atoms with Crippen LogP contribution in [0.2, 0.25) is 0 Å². The number of thioether (sulfide) groups is 1. The number of nitrogens with zero attached hydrogens (tertiary/aromatic N) is 3. The summed E-state index contributed by atoms with van der Waals surface area (Å²) >= 11 is 2.05. The fraction of sp³-hybridized carbons (Fsp3) is 0.571. The van der Waals surface area contributed by atoms with Crippen LogP contribution < -0.4 is 10.6 Å². The minimum atomic E-state index is -0.104. The lowest BCUT2D eigenvalue weighted by molar-refractivity contribution is -0.123. The van der Waals surface area contributed by atoms with E-state index in [1.807, 2.05) is 43.1 Å². The van der Waals surface area contributed by atoms with E-state index in [4.69, 9.17) is 0 Å². The molecule has 1 unspecified atom stereocenters. The van der Waals surface area contributed by atoms with Crippen LogP contribution in [0.15, 0.2) is 29.3 Å². The highest BCUT2D eigenvalue weighted by Crippen LogP contribution is 2.24. The maximum Gasteiger partial charge on any atom is 0.254 e. The highest BCUT2D eigenvalue weighted by atomic mass is 32.2. The first kappa shape index (κ1) is 21.5. The summed E-state index contributed by atoms with van der Waals surface area (Å²) in [6.45, 7) is 8.41. The zero-order chi connectivity index (χ0) is 20.8. The second-order valence-electron chi connectivity index (χ2n) is 7.77. The van der Waals surface area contributed by atoms with Gasteiger partial charge in [-0.2, -0.15) is 11.8 Å². The van der Waals surface area contributed by atoms with Gasteiger partial charge in [-0.05, 0) is 23.6 Å². The summed E-state index contributed by atoms with van der Waals surface area (Å²) in [4.78, 5) is 32.4. The summed E-state index contributed by atoms with van der Waals surface area (Å²) in [5.41, 5.74) is 1.70. The Bertz CT molecular complexity index is 750. The van der Waals surface area contributed by atoms with Crippen molar-refractivity contribution in [3.05, 3.63) is 35.4 Å². The van der Waals surface area contributed by atoms with Crippen LogP contribution in [0.4, 0.5) is 0 Å². The number of carbonyl (C=O) groups is 2. The van der Waals surface area contributed by atoms with E-state index in [1.54, 1.807) is 4.90 Å². The number of nitrogens with one attached hydrogen (secondary N) is 2. The molecule has 2 saturated heterocycles. The maximum absolute atomic E-state index is 12.6. The molecule has 29 heavy (non-hydrogen) atoms. The Morgan fingerprint density at radius 1 is 1.28 bits per heavy atom. The predicted molar refractivity (Wildman–Crippen MR) is 118 cm³/mol. The van der Waals surface area contributed by atoms with Gasteiger partial charge in [0.1, 0.15) is 0 Å². The molecule has 0 aliphatic carbocycles. The molecule has 0 radical (unpaired) electrons. The first-order chi connectivity index (χ1) is 14.0. The first-order valence-electron chi connectivity index (χ1n) is 10.2. The standard InChI is InChI=1S/C21H31N5O2S/c1-15(2)18-13-26(10-11-29-18)21(22-3)24-12-16-4-6-17(7-5-16)20(28)25-9-8-23-19(27)14-25/h4-7,15,18H,8-14H2,1-3H3,(H,22,24)(H,23,27). The summed E-state index contributed by atoms with van der Waals surface area (Å²) in [7, 11) is 1.82. The normalized spacial score (nSPS) is 20.6. The Morgan fingerprint density at radius 3 is 2.69 bits per heavy atom. The van der Waals surface area contributed by atoms with Crippen LogP contribution >= 0.6 is 11.8 Å². The van der Waals surface area contributed by atoms with E-state index >= 15 is 0 Å². The minimum absolute atomic E-state index is 0.0966. The number of carbonyl (C=O) groups excluding carboxylic acids is 2. The van der Waals surface area contributed by atoms with E-state index in [9.17, 15) is 9.59 Å². The SMILES string of the molecule is CN=C(NCc1ccc(C(=O)N2CCNC(=O)C2)cc1)N1CCSC(C(C)C)C1. The Morgan fingerprint density at radius 2 is 2.03 bits per heavy atom. The van der Waals surface area contributed by atoms with Crippen molar-refractivity contribution in [3.63, 3.8) is 0 Å². The van der Waals surface area contributed by atoms with E-state index in [2.05, 4.69) is 34.4 Å². The third kappa shape index (κ3) is 5.65. The van der Waals surface area contributed by atoms with Gasteiger partial charge in [0.2, 0.25) is 5.91 Å². The van der Waals surface area contributed by atoms with Crippen molar-refractivity contribution in [1.29, 1.82) is 0 Å². The molecule has 8 heteroatoms. The Hall–Kier alpha value is -2.22. The second-order valence-corrected chi connectivity index (χ2v) is 9.12. The first-order valence-corrected chi connectivity index (χ1v) is 11.2. The molecule has 2 N–H and O–H groups in total. The predicted octanol–water partition coefficient (Wildman–Crippen LogP) is 1.41. The lowest BCUT2D eigenvalue weighted by Crippen LogP contribution is -2.50. The van der Waals surface area contributed by atoms with E-state index in [1.165, 1.54) is 0 Å². The van der Waals surface area contributed by atoms with Gasteiger partial charge in [-0.25, -0.2) is 0 Å². The summed E-state index contributed by atoms with van der Waals surface area (Å²) in [6, 6.07) is 7.59. The molecule has 1 atom stereocenters. The van der Waals surface area contributed by atoms with Gasteiger partial charge in [-0.3, -0.25) is 14.6 Å². The molecule has 0 saturated carbocycles. The van der Waals surface area contributed by atoms with Crippen molar-refractivity contribution in [2.45, 2.75) is 25.6 Å². The number of piperazine rings is 1. The third-order valence-electron chi connectivity index (χ3n) is 5.33. The van der Waals surface area contributed by atoms with Gasteiger partial charge < -0.3 is 20.4 Å². The largest absolute Gasteiger partial charge is 0.353 e. The molecule has 2 amide bonds. The molecule has 158 valence electrons. The van der Waals surface area contributed by atoms with Gasteiger partial charge in [-0.1, -0.05) is 26.0 Å². The van der Waals surface area contributed by atoms with E-state index in [0.29, 0.717) is 36.4 Å². The molecule has 0 spiro atoms. The maximum atomic E-state index is 12.6. The van der Waals surface area contributed by atoms with Gasteiger partial charge in [0.25, 0.3) is 5.91 Å². The fourth-order valence-electron chi connectivity index (χ4n) is 3.54. The average Bonchev–Trinajstić information content (AvgIpc) is 2.74. The van der Waals surface area contributed by atoms with Crippen LogP contribution in [0.3, 0.4) is 0 Å². The Labute approximate surface area is 177 Å². The Balaban J connectivity index is 1.55. The number of benzene rings is 1. The van der Waals surface area contributed by atoms with Crippen LogP contribution in [0.5, 0.6) is 0 Å². The summed E-state index contributed by atoms with van der Waals surface area (Å²) < 4.78 is 0. The Kier molecular flexibility index (Phi) is 7.41. The van der Waals surface area contributed by atoms with E-state index in [-0.39, 0.29) is 18.4 Å². The fourth-order valence-corrected chi connectivity index (χ4v) is 4.84. The van der Waals surface area contributed by atoms with E-state index < -0.39 is 0 Å². The third-order valence-corrected chi connectivity index (χ3v) is 6.87. The van der Waals surface area contributed by atoms with E-state index in [0.717, 1.165) is 30.4 Å². The minimum Gasteiger partial charge on any atom is -0.353 e. The molecule has 2 aliphatic heterocycles. The van der Waals surface area contributed by atoms with Gasteiger partial charge in [0, 0.05) is 56.3 Å². The summed E-state index contributed by atoms with van der Waals surface area (Å²) in [6.07, 6.45) is 0. The number of hydrogen-bond acceptors (Lipinski definition) is 4. The van der Waals surface area contributed by atoms with Crippen LogP contribution in [-0.2, 0) is 11.3 Å². The molecule has 3 rings (SSSR count). The molecule has 0 bridgehead atoms. The highest BCUT2D eigenvalue weighted by molar-refractivity contribution is 8.00. The van der Waals surface area contributed by atoms with Gasteiger partial charge in [0.05, 0.1) is 6.54 Å². The van der Waals surface area contributed by atoms with Crippen molar-refractivity contribution < 1.29 is 9.59 Å². The van der Waals surface area contributed by atoms with Crippen molar-refractivity contribution in [1.82, 2.24) is 20.4 Å². The molecule has 2 heterocycles. The van der Waals surface area contributed by atoms with Gasteiger partial charge >= 0.3 is 0 Å². The van der Waals surface area contributed by atoms with Gasteiger partial charge in [-0.15, -0.1) is 0 Å². The molecule has 0 aromatic heterocycles. The molecule has 2 aliphatic rings. The molecule has 1 aromatic carbocycles. The van der Waals surface area contributed by atoms with Crippen molar-refractivity contribution in [3.8, 4) is 0 Å². The molecular formula is C21H31N5O2S. The quantitative estimate of drug-likeness (QED) is 0.572. The number of aliphatic imine (C=N–C) groups is 1. The zero-order valence-corrected chi connectivity index (χ0v) is 18.3. The second kappa shape index (κ2) is 10.0. The van der Waals surface area contributed by atoms with Crippen LogP contribution in [0.25, 0.3) is 0 Å². The van der Waals surface area contributed by atoms with Crippen LogP contribution in [-0.4, -0.2) is 78.3 Å². The van der Waals surface area contributed by atoms with Crippen LogP contribution in [0, 0.1) is 5.92 Å². The van der Waals surface area contributed by atoms with Crippen LogP contribution in [0.1, 0.15) is 29.8 Å². The topological polar surface area (TPSA) is 77.0 Å². The lowest BCUT2D eigenvalue weighted by atomic mass is 10.1. The molecular weight excluding hydrogens is 386 g/mol. The van der Waals surface area contributed by atoms with Crippen molar-refractivity contribution in [2.24, 2.45) is 10.9 Å². The van der Waals surface area contributed by atoms with Crippen molar-refractivity contribution in [2.75, 3.05) is 45.5 Å². The highest BCUT2D eigenvalue weighted by Gasteiger charge is 2.25. The molecule has 7 nitrogen and oxygen atoms in total. The average molecular weight is 418 g/mol. The number of amides is 2. The number of rotatable bonds is 4. The molecule has 2 fully saturated rings. The number of guanidine groups is 1. The molecule has 1 aromatic rings. The van der Waals surface area contributed by atoms with Crippen molar-refractivity contribution >= 4 is 29.5 Å².